The molecule has 0 N–H and O–H groups in total. The molecule has 2 nitrogen and oxygen atoms in total. The summed E-state index contributed by atoms with van der Waals surface area (Å²) in [5.41, 5.74) is 13.2. The van der Waals surface area contributed by atoms with Crippen LogP contribution in [0.4, 0.5) is 0 Å². The number of hydrogen-bond acceptors (Lipinski definition) is 3. The van der Waals surface area contributed by atoms with Gasteiger partial charge in [-0.25, -0.2) is 4.98 Å². The Hall–Kier alpha value is -5.81. The summed E-state index contributed by atoms with van der Waals surface area (Å²) in [6.45, 7) is 2.25. The van der Waals surface area contributed by atoms with E-state index in [2.05, 4.69) is 165 Å². The molecule has 4 heteroatoms. The number of fused-ring (bicyclic) bond motifs is 2. The number of nitrogens with zero attached hydrogens (tertiary/aromatic N) is 2. The molecule has 1 aromatic heterocycles. The van der Waals surface area contributed by atoms with Crippen LogP contribution in [-0.2, 0) is 0 Å². The van der Waals surface area contributed by atoms with E-state index in [0.29, 0.717) is 5.56 Å². The zero-order valence-corrected chi connectivity index (χ0v) is 31.4. The van der Waals surface area contributed by atoms with E-state index in [0.717, 1.165) is 82.0 Å². The van der Waals surface area contributed by atoms with Crippen LogP contribution in [0.15, 0.2) is 186 Å². The molecule has 53 heavy (non-hydrogen) atoms. The minimum Gasteiger partial charge on any atom is -0.261 e. The van der Waals surface area contributed by atoms with Gasteiger partial charge >= 0.3 is 0 Å². The summed E-state index contributed by atoms with van der Waals surface area (Å²) in [7, 11) is -2.29. The Morgan fingerprint density at radius 3 is 1.43 bits per heavy atom. The van der Waals surface area contributed by atoms with Crippen molar-refractivity contribution in [3.8, 4) is 66.8 Å². The normalized spacial score (nSPS) is 14.0. The summed E-state index contributed by atoms with van der Waals surface area (Å²) in [6, 6.07) is 57.4. The summed E-state index contributed by atoms with van der Waals surface area (Å²) < 4.78 is 26.0. The first-order valence-electron chi connectivity index (χ1n) is 19.4. The summed E-state index contributed by atoms with van der Waals surface area (Å²) in [6.07, 6.45) is 3.49. The Kier molecular flexibility index (Phi) is 7.64. The smallest absolute Gasteiger partial charge is 0.140 e. The zero-order valence-electron chi connectivity index (χ0n) is 32.5. The summed E-state index contributed by atoms with van der Waals surface area (Å²) in [4.78, 5) is 10.5. The second-order valence-corrected chi connectivity index (χ2v) is 19.2. The van der Waals surface area contributed by atoms with E-state index in [4.69, 9.17) is 14.1 Å². The highest BCUT2D eigenvalue weighted by atomic mass is 32.2. The molecule has 0 saturated carbocycles. The van der Waals surface area contributed by atoms with Gasteiger partial charge in [0.1, 0.15) is 13.1 Å². The number of aryl methyl sites for hydroxylation is 1. The molecule has 7 aromatic carbocycles. The van der Waals surface area contributed by atoms with Gasteiger partial charge in [-0.2, -0.15) is 0 Å². The molecule has 0 atom stereocenters. The fraction of sp³-hybridized carbons (Fsp3) is 0.0612. The van der Waals surface area contributed by atoms with Crippen LogP contribution in [0.3, 0.4) is 0 Å². The molecule has 0 saturated heterocycles. The van der Waals surface area contributed by atoms with Crippen LogP contribution in [0, 0.1) is 6.85 Å². The maximum Gasteiger partial charge on any atom is 0.140 e. The van der Waals surface area contributed by atoms with Gasteiger partial charge in [-0.3, -0.25) is 4.98 Å². The fourth-order valence-corrected chi connectivity index (χ4v) is 13.0. The Balaban J connectivity index is 1.35. The van der Waals surface area contributed by atoms with Crippen molar-refractivity contribution in [3.63, 3.8) is 0 Å². The van der Waals surface area contributed by atoms with E-state index >= 15 is 0 Å². The molecule has 0 amide bonds. The highest BCUT2D eigenvalue weighted by Gasteiger charge is 2.39. The van der Waals surface area contributed by atoms with Crippen molar-refractivity contribution in [2.24, 2.45) is 0 Å². The molecule has 9 rings (SSSR count). The summed E-state index contributed by atoms with van der Waals surface area (Å²) >= 11 is 1.55. The monoisotopic (exact) mass is 717 g/mol. The molecule has 0 fully saturated rings. The van der Waals surface area contributed by atoms with E-state index in [1.165, 1.54) is 5.19 Å². The van der Waals surface area contributed by atoms with E-state index in [1.807, 2.05) is 12.1 Å². The third-order valence-corrected chi connectivity index (χ3v) is 15.2. The molecule has 0 aliphatic carbocycles. The Morgan fingerprint density at radius 1 is 0.472 bits per heavy atom. The molecule has 2 heterocycles. The first-order valence-corrected chi connectivity index (χ1v) is 21.7. The largest absolute Gasteiger partial charge is 0.261 e. The maximum atomic E-state index is 8.67. The van der Waals surface area contributed by atoms with Crippen molar-refractivity contribution in [1.82, 2.24) is 9.97 Å². The van der Waals surface area contributed by atoms with Gasteiger partial charge in [0.15, 0.2) is 0 Å². The third-order valence-electron chi connectivity index (χ3n) is 10.4. The molecule has 0 radical (unpaired) electrons. The molecule has 0 bridgehead atoms. The molecule has 1 aliphatic heterocycles. The van der Waals surface area contributed by atoms with Crippen molar-refractivity contribution in [1.29, 1.82) is 0 Å². The standard InChI is InChI=1S/C49H38N2SSi/c1-33-24-29-42-47(52-48-49(53(42,2)3)51-31-30-50-48)43(33)38-25-27-39(28-26-38)46-44(36-20-12-6-13-21-36)40(34-16-8-4-9-17-34)32-41(35-18-10-5-11-19-35)45(46)37-22-14-7-15-23-37/h4-32H,1-3H3/i1D3. The molecule has 0 spiro atoms. The van der Waals surface area contributed by atoms with Gasteiger partial charge in [-0.05, 0) is 90.4 Å². The predicted molar refractivity (Wildman–Crippen MR) is 227 cm³/mol. The number of rotatable bonds is 6. The number of aromatic nitrogens is 2. The Bertz CT molecular complexity index is 2600. The first-order chi connectivity index (χ1) is 27.2. The minimum absolute atomic E-state index is 0.348. The van der Waals surface area contributed by atoms with Gasteiger partial charge in [-0.15, -0.1) is 0 Å². The Morgan fingerprint density at radius 2 is 0.925 bits per heavy atom. The fourth-order valence-electron chi connectivity index (χ4n) is 7.80. The van der Waals surface area contributed by atoms with Gasteiger partial charge in [-0.1, -0.05) is 183 Å². The Labute approximate surface area is 321 Å². The molecular weight excluding hydrogens is 677 g/mol. The van der Waals surface area contributed by atoms with Crippen LogP contribution in [0.2, 0.25) is 13.1 Å². The lowest BCUT2D eigenvalue weighted by molar-refractivity contribution is 1.08. The zero-order chi connectivity index (χ0) is 38.4. The molecule has 254 valence electrons. The van der Waals surface area contributed by atoms with Crippen molar-refractivity contribution in [2.45, 2.75) is 29.9 Å². The second-order valence-electron chi connectivity index (χ2n) is 13.9. The van der Waals surface area contributed by atoms with Crippen LogP contribution in [0.1, 0.15) is 9.68 Å². The highest BCUT2D eigenvalue weighted by Crippen LogP contribution is 2.50. The highest BCUT2D eigenvalue weighted by molar-refractivity contribution is 8.00. The van der Waals surface area contributed by atoms with Crippen LogP contribution in [0.5, 0.6) is 0 Å². The topological polar surface area (TPSA) is 25.8 Å². The van der Waals surface area contributed by atoms with Crippen LogP contribution < -0.4 is 10.5 Å². The van der Waals surface area contributed by atoms with Crippen LogP contribution in [0.25, 0.3) is 66.8 Å². The number of hydrogen-bond donors (Lipinski definition) is 0. The SMILES string of the molecule is [2H]C([2H])([2H])c1ccc2c(c1-c1ccc(-c3c(-c4ccccc4)c(-c4ccccc4)cc(-c4ccccc4)c3-c3ccccc3)cc1)Sc1nccnc1[Si]2(C)C. The van der Waals surface area contributed by atoms with Crippen molar-refractivity contribution >= 4 is 30.3 Å². The summed E-state index contributed by atoms with van der Waals surface area (Å²) in [5.74, 6) is 0. The van der Waals surface area contributed by atoms with Crippen molar-refractivity contribution in [3.05, 3.63) is 182 Å². The molecular formula is C49H38N2SSi. The lowest BCUT2D eigenvalue weighted by Gasteiger charge is -2.32. The molecule has 1 aliphatic rings. The van der Waals surface area contributed by atoms with Gasteiger partial charge in [0.05, 0.1) is 5.32 Å². The first kappa shape index (κ1) is 29.7. The quantitative estimate of drug-likeness (QED) is 0.160. The van der Waals surface area contributed by atoms with Crippen LogP contribution >= 0.6 is 11.8 Å². The van der Waals surface area contributed by atoms with Gasteiger partial charge < -0.3 is 0 Å². The van der Waals surface area contributed by atoms with Crippen molar-refractivity contribution < 1.29 is 4.11 Å². The van der Waals surface area contributed by atoms with Gasteiger partial charge in [0, 0.05) is 21.4 Å². The molecule has 8 aromatic rings. The lowest BCUT2D eigenvalue weighted by Crippen LogP contribution is -2.58. The predicted octanol–water partition coefficient (Wildman–Crippen LogP) is 12.1. The molecule has 0 unspecified atom stereocenters. The minimum atomic E-state index is -2.31. The van der Waals surface area contributed by atoms with Gasteiger partial charge in [0.2, 0.25) is 0 Å². The van der Waals surface area contributed by atoms with Gasteiger partial charge in [0.25, 0.3) is 0 Å². The lowest BCUT2D eigenvalue weighted by atomic mass is 9.78. The van der Waals surface area contributed by atoms with E-state index in [-0.39, 0.29) is 0 Å². The second kappa shape index (κ2) is 13.6. The average Bonchev–Trinajstić information content (AvgIpc) is 3.23. The van der Waals surface area contributed by atoms with Crippen LogP contribution in [-0.4, -0.2) is 18.0 Å². The van der Waals surface area contributed by atoms with E-state index in [1.54, 1.807) is 24.2 Å². The van der Waals surface area contributed by atoms with E-state index in [9.17, 15) is 0 Å². The summed E-state index contributed by atoms with van der Waals surface area (Å²) in [5, 5.41) is 3.08. The number of benzene rings is 7. The maximum absolute atomic E-state index is 8.67. The average molecular weight is 718 g/mol. The van der Waals surface area contributed by atoms with E-state index < -0.39 is 14.9 Å². The third kappa shape index (κ3) is 5.85. The van der Waals surface area contributed by atoms with Crippen molar-refractivity contribution in [2.75, 3.05) is 0 Å².